The molecule has 0 bridgehead atoms. The van der Waals surface area contributed by atoms with Crippen molar-refractivity contribution in [2.24, 2.45) is 0 Å². The van der Waals surface area contributed by atoms with Gasteiger partial charge in [-0.2, -0.15) is 0 Å². The molecule has 1 rings (SSSR count). The minimum Gasteiger partial charge on any atom is -0.445 e. The highest BCUT2D eigenvalue weighted by atomic mass is 16.4. The molecule has 0 spiro atoms. The minimum atomic E-state index is 0.255. The Kier molecular flexibility index (Phi) is 2.69. The second kappa shape index (κ2) is 3.57. The Morgan fingerprint density at radius 3 is 2.58 bits per heavy atom. The van der Waals surface area contributed by atoms with Gasteiger partial charge in [0.2, 0.25) is 0 Å². The second-order valence-corrected chi connectivity index (χ2v) is 3.28. The highest BCUT2D eigenvalue weighted by molar-refractivity contribution is 5.07. The van der Waals surface area contributed by atoms with E-state index in [0.29, 0.717) is 5.92 Å². The number of aromatic nitrogens is 1. The minimum absolute atomic E-state index is 0.255. The first-order valence-electron chi connectivity index (χ1n) is 4.23. The summed E-state index contributed by atoms with van der Waals surface area (Å²) in [7, 11) is 0. The largest absolute Gasteiger partial charge is 0.445 e. The molecular formula is C10H15NO. The quantitative estimate of drug-likeness (QED) is 0.643. The van der Waals surface area contributed by atoms with Gasteiger partial charge in [-0.1, -0.05) is 26.8 Å². The third-order valence-corrected chi connectivity index (χ3v) is 1.84. The van der Waals surface area contributed by atoms with Gasteiger partial charge < -0.3 is 4.42 Å². The Hall–Kier alpha value is -1.05. The molecule has 1 heterocycles. The first kappa shape index (κ1) is 9.04. The van der Waals surface area contributed by atoms with Crippen molar-refractivity contribution in [3.63, 3.8) is 0 Å². The maximum atomic E-state index is 5.52. The van der Waals surface area contributed by atoms with Gasteiger partial charge in [-0.05, 0) is 0 Å². The molecular weight excluding hydrogens is 150 g/mol. The van der Waals surface area contributed by atoms with Gasteiger partial charge in [-0.15, -0.1) is 6.58 Å². The van der Waals surface area contributed by atoms with Crippen LogP contribution in [0.15, 0.2) is 23.3 Å². The zero-order valence-electron chi connectivity index (χ0n) is 7.87. The number of rotatable bonds is 3. The van der Waals surface area contributed by atoms with Gasteiger partial charge in [-0.25, -0.2) is 4.98 Å². The maximum Gasteiger partial charge on any atom is 0.196 e. The maximum absolute atomic E-state index is 5.52. The van der Waals surface area contributed by atoms with Gasteiger partial charge in [0.05, 0.1) is 6.20 Å². The molecule has 0 saturated heterocycles. The van der Waals surface area contributed by atoms with Gasteiger partial charge in [0.1, 0.15) is 5.76 Å². The molecule has 0 amide bonds. The second-order valence-electron chi connectivity index (χ2n) is 3.28. The SMILES string of the molecule is C=CC(C)c1cnc(C(C)C)o1. The normalized spacial score (nSPS) is 13.3. The summed E-state index contributed by atoms with van der Waals surface area (Å²) in [5.41, 5.74) is 0. The fourth-order valence-corrected chi connectivity index (χ4v) is 0.894. The average Bonchev–Trinajstić information content (AvgIpc) is 2.51. The lowest BCUT2D eigenvalue weighted by Crippen LogP contribution is -1.86. The van der Waals surface area contributed by atoms with Crippen LogP contribution in [-0.2, 0) is 0 Å². The van der Waals surface area contributed by atoms with Gasteiger partial charge in [0.15, 0.2) is 5.89 Å². The van der Waals surface area contributed by atoms with E-state index in [1.165, 1.54) is 0 Å². The fraction of sp³-hybridized carbons (Fsp3) is 0.500. The summed E-state index contributed by atoms with van der Waals surface area (Å²) in [6.45, 7) is 9.87. The molecule has 1 aromatic rings. The van der Waals surface area contributed by atoms with Crippen LogP contribution in [0.2, 0.25) is 0 Å². The van der Waals surface area contributed by atoms with Crippen molar-refractivity contribution in [3.8, 4) is 0 Å². The molecule has 12 heavy (non-hydrogen) atoms. The zero-order chi connectivity index (χ0) is 9.14. The Morgan fingerprint density at radius 2 is 2.17 bits per heavy atom. The lowest BCUT2D eigenvalue weighted by molar-refractivity contribution is 0.430. The smallest absolute Gasteiger partial charge is 0.196 e. The molecule has 0 N–H and O–H groups in total. The first-order valence-corrected chi connectivity index (χ1v) is 4.23. The van der Waals surface area contributed by atoms with Gasteiger partial charge >= 0.3 is 0 Å². The number of nitrogens with zero attached hydrogens (tertiary/aromatic N) is 1. The molecule has 0 aliphatic rings. The summed E-state index contributed by atoms with van der Waals surface area (Å²) in [4.78, 5) is 4.17. The van der Waals surface area contributed by atoms with Gasteiger partial charge in [0.25, 0.3) is 0 Å². The van der Waals surface area contributed by atoms with E-state index in [1.807, 2.05) is 13.0 Å². The van der Waals surface area contributed by atoms with E-state index in [-0.39, 0.29) is 5.92 Å². The monoisotopic (exact) mass is 165 g/mol. The van der Waals surface area contributed by atoms with Gasteiger partial charge in [-0.3, -0.25) is 0 Å². The fourth-order valence-electron chi connectivity index (χ4n) is 0.894. The van der Waals surface area contributed by atoms with Crippen molar-refractivity contribution in [3.05, 3.63) is 30.5 Å². The molecule has 1 atom stereocenters. The Labute approximate surface area is 73.3 Å². The number of allylic oxidation sites excluding steroid dienone is 1. The van der Waals surface area contributed by atoms with E-state index in [1.54, 1.807) is 6.20 Å². The van der Waals surface area contributed by atoms with Crippen molar-refractivity contribution in [1.82, 2.24) is 4.98 Å². The van der Waals surface area contributed by atoms with E-state index in [2.05, 4.69) is 25.4 Å². The predicted octanol–water partition coefficient (Wildman–Crippen LogP) is 3.09. The van der Waals surface area contributed by atoms with E-state index in [9.17, 15) is 0 Å². The molecule has 2 nitrogen and oxygen atoms in total. The van der Waals surface area contributed by atoms with E-state index >= 15 is 0 Å². The number of hydrogen-bond donors (Lipinski definition) is 0. The summed E-state index contributed by atoms with van der Waals surface area (Å²) in [6, 6.07) is 0. The molecule has 0 aromatic carbocycles. The van der Waals surface area contributed by atoms with Crippen molar-refractivity contribution in [1.29, 1.82) is 0 Å². The molecule has 1 aromatic heterocycles. The van der Waals surface area contributed by atoms with Crippen LogP contribution in [0.25, 0.3) is 0 Å². The van der Waals surface area contributed by atoms with Crippen LogP contribution in [0.3, 0.4) is 0 Å². The molecule has 0 radical (unpaired) electrons. The molecule has 2 heteroatoms. The van der Waals surface area contributed by atoms with Crippen molar-refractivity contribution >= 4 is 0 Å². The highest BCUT2D eigenvalue weighted by Gasteiger charge is 2.10. The summed E-state index contributed by atoms with van der Waals surface area (Å²) >= 11 is 0. The third kappa shape index (κ3) is 1.76. The molecule has 0 aliphatic heterocycles. The lowest BCUT2D eigenvalue weighted by atomic mass is 10.1. The number of hydrogen-bond acceptors (Lipinski definition) is 2. The molecule has 0 saturated carbocycles. The van der Waals surface area contributed by atoms with Crippen molar-refractivity contribution in [2.75, 3.05) is 0 Å². The van der Waals surface area contributed by atoms with Gasteiger partial charge in [0, 0.05) is 11.8 Å². The van der Waals surface area contributed by atoms with Crippen LogP contribution in [0.5, 0.6) is 0 Å². The van der Waals surface area contributed by atoms with Crippen molar-refractivity contribution < 1.29 is 4.42 Å². The van der Waals surface area contributed by atoms with Crippen LogP contribution in [0, 0.1) is 0 Å². The van der Waals surface area contributed by atoms with E-state index in [0.717, 1.165) is 11.7 Å². The molecule has 0 aliphatic carbocycles. The molecule has 1 unspecified atom stereocenters. The topological polar surface area (TPSA) is 26.0 Å². The molecule has 66 valence electrons. The van der Waals surface area contributed by atoms with Crippen LogP contribution in [-0.4, -0.2) is 4.98 Å². The van der Waals surface area contributed by atoms with Crippen LogP contribution < -0.4 is 0 Å². The summed E-state index contributed by atoms with van der Waals surface area (Å²) in [5, 5.41) is 0. The summed E-state index contributed by atoms with van der Waals surface area (Å²) < 4.78 is 5.52. The highest BCUT2D eigenvalue weighted by Crippen LogP contribution is 2.20. The first-order chi connectivity index (χ1) is 5.65. The third-order valence-electron chi connectivity index (χ3n) is 1.84. The Balaban J connectivity index is 2.83. The van der Waals surface area contributed by atoms with Crippen molar-refractivity contribution in [2.45, 2.75) is 32.6 Å². The number of oxazole rings is 1. The zero-order valence-corrected chi connectivity index (χ0v) is 7.87. The molecule has 0 fully saturated rings. The van der Waals surface area contributed by atoms with Crippen LogP contribution in [0.1, 0.15) is 44.3 Å². The van der Waals surface area contributed by atoms with Crippen LogP contribution in [0.4, 0.5) is 0 Å². The average molecular weight is 165 g/mol. The van der Waals surface area contributed by atoms with E-state index in [4.69, 9.17) is 4.42 Å². The van der Waals surface area contributed by atoms with Crippen LogP contribution >= 0.6 is 0 Å². The standard InChI is InChI=1S/C10H15NO/c1-5-8(4)9-6-11-10(12-9)7(2)3/h5-8H,1H2,2-4H3. The Bertz CT molecular complexity index is 263. The van der Waals surface area contributed by atoms with E-state index < -0.39 is 0 Å². The summed E-state index contributed by atoms with van der Waals surface area (Å²) in [6.07, 6.45) is 3.63. The lowest BCUT2D eigenvalue weighted by Gasteiger charge is -2.00. The Morgan fingerprint density at radius 1 is 1.50 bits per heavy atom. The summed E-state index contributed by atoms with van der Waals surface area (Å²) in [5.74, 6) is 2.31. The predicted molar refractivity (Wildman–Crippen MR) is 49.2 cm³/mol.